The fraction of sp³-hybridized carbons (Fsp3) is 0.385. The van der Waals surface area contributed by atoms with Crippen molar-refractivity contribution in [3.8, 4) is 11.5 Å². The molecule has 0 saturated carbocycles. The number of hydrogen-bond donors (Lipinski definition) is 2. The highest BCUT2D eigenvalue weighted by molar-refractivity contribution is 5.91. The van der Waals surface area contributed by atoms with Crippen LogP contribution in [0.4, 0.5) is 11.4 Å². The maximum Gasteiger partial charge on any atom is 0.215 e. The second-order valence-electron chi connectivity index (χ2n) is 12.0. The van der Waals surface area contributed by atoms with Crippen molar-refractivity contribution in [3.05, 3.63) is 95.8 Å². The van der Waals surface area contributed by atoms with Gasteiger partial charge in [-0.2, -0.15) is 4.57 Å². The molecule has 0 saturated heterocycles. The zero-order valence-corrected chi connectivity index (χ0v) is 30.0. The van der Waals surface area contributed by atoms with Crippen LogP contribution in [0.15, 0.2) is 78.9 Å². The van der Waals surface area contributed by atoms with E-state index in [1.54, 1.807) is 14.2 Å². The molecule has 5 aromatic rings. The predicted octanol–water partition coefficient (Wildman–Crippen LogP) is 6.01. The van der Waals surface area contributed by atoms with Crippen molar-refractivity contribution >= 4 is 33.2 Å². The van der Waals surface area contributed by atoms with E-state index in [0.717, 1.165) is 47.9 Å². The molecule has 0 aliphatic carbocycles. The van der Waals surface area contributed by atoms with Gasteiger partial charge < -0.3 is 44.1 Å². The Bertz CT molecular complexity index is 1690. The van der Waals surface area contributed by atoms with Crippen molar-refractivity contribution in [2.45, 2.75) is 71.8 Å². The SMILES string of the molecule is COc1cc(C[n+]2c(C)cc(NCCCCCCCCCCNc3cc(C)nc4ccccc34)c3ccccc32)cc(OC)c1.[I-]. The molecule has 2 heterocycles. The number of benzene rings is 3. The van der Waals surface area contributed by atoms with E-state index in [2.05, 4.69) is 107 Å². The molecule has 0 fully saturated rings. The molecular weight excluding hydrogens is 683 g/mol. The Balaban J connectivity index is 0.00000480. The molecule has 0 aliphatic heterocycles. The molecule has 244 valence electrons. The standard InChI is InChI=1S/C39H48N4O2.HI/c1-29-23-37(34-17-11-13-19-36(34)42-29)40-21-15-9-7-5-6-8-10-16-22-41-38-24-30(2)43(39-20-14-12-18-35(38)39)28-31-25-32(44-3)27-33(26-31)45-4;/h11-14,17-20,23-27H,5-10,15-16,21-22,28H2,1-4H3,(H,40,42);1H. The summed E-state index contributed by atoms with van der Waals surface area (Å²) < 4.78 is 13.4. The second-order valence-corrected chi connectivity index (χ2v) is 12.0. The van der Waals surface area contributed by atoms with Crippen LogP contribution in [0.3, 0.4) is 0 Å². The average molecular weight is 733 g/mol. The molecule has 0 amide bonds. The number of ether oxygens (including phenoxy) is 2. The number of anilines is 2. The first-order chi connectivity index (χ1) is 22.1. The Morgan fingerprint density at radius 2 is 1.17 bits per heavy atom. The minimum Gasteiger partial charge on any atom is -1.00 e. The maximum absolute atomic E-state index is 5.50. The monoisotopic (exact) mass is 732 g/mol. The van der Waals surface area contributed by atoms with Gasteiger partial charge in [-0.25, -0.2) is 0 Å². The number of rotatable bonds is 17. The number of aryl methyl sites for hydroxylation is 2. The first kappa shape index (κ1) is 35.3. The van der Waals surface area contributed by atoms with Gasteiger partial charge in [0.15, 0.2) is 12.2 Å². The van der Waals surface area contributed by atoms with Crippen molar-refractivity contribution in [1.82, 2.24) is 4.98 Å². The van der Waals surface area contributed by atoms with Crippen LogP contribution in [-0.4, -0.2) is 32.3 Å². The lowest BCUT2D eigenvalue weighted by Crippen LogP contribution is -3.00. The molecule has 2 aromatic heterocycles. The number of halogens is 1. The summed E-state index contributed by atoms with van der Waals surface area (Å²) in [6.07, 6.45) is 10.2. The minimum atomic E-state index is 0. The fourth-order valence-electron chi connectivity index (χ4n) is 6.20. The fourth-order valence-corrected chi connectivity index (χ4v) is 6.20. The number of fused-ring (bicyclic) bond motifs is 2. The van der Waals surface area contributed by atoms with Gasteiger partial charge in [0, 0.05) is 60.5 Å². The highest BCUT2D eigenvalue weighted by Gasteiger charge is 2.18. The summed E-state index contributed by atoms with van der Waals surface area (Å²) in [7, 11) is 3.39. The van der Waals surface area contributed by atoms with Crippen molar-refractivity contribution in [3.63, 3.8) is 0 Å². The number of unbranched alkanes of at least 4 members (excludes halogenated alkanes) is 7. The first-order valence-electron chi connectivity index (χ1n) is 16.5. The van der Waals surface area contributed by atoms with E-state index >= 15 is 0 Å². The molecule has 7 heteroatoms. The van der Waals surface area contributed by atoms with E-state index < -0.39 is 0 Å². The van der Waals surface area contributed by atoms with Gasteiger partial charge in [0.1, 0.15) is 11.5 Å². The van der Waals surface area contributed by atoms with E-state index in [4.69, 9.17) is 9.47 Å². The van der Waals surface area contributed by atoms with Gasteiger partial charge in [0.05, 0.1) is 30.8 Å². The number of aromatic nitrogens is 2. The third kappa shape index (κ3) is 9.47. The van der Waals surface area contributed by atoms with Gasteiger partial charge in [-0.1, -0.05) is 68.9 Å². The molecule has 0 atom stereocenters. The molecule has 5 rings (SSSR count). The summed E-state index contributed by atoms with van der Waals surface area (Å²) in [6.45, 7) is 7.01. The molecule has 0 unspecified atom stereocenters. The lowest BCUT2D eigenvalue weighted by Gasteiger charge is -2.13. The molecule has 0 spiro atoms. The van der Waals surface area contributed by atoms with Crippen molar-refractivity contribution in [1.29, 1.82) is 0 Å². The van der Waals surface area contributed by atoms with E-state index in [-0.39, 0.29) is 24.0 Å². The summed E-state index contributed by atoms with van der Waals surface area (Å²) in [5.74, 6) is 1.62. The number of hydrogen-bond acceptors (Lipinski definition) is 5. The molecule has 6 nitrogen and oxygen atoms in total. The molecule has 3 aromatic carbocycles. The van der Waals surface area contributed by atoms with Crippen LogP contribution in [-0.2, 0) is 6.54 Å². The molecular formula is C39H49IN4O2. The van der Waals surface area contributed by atoms with Gasteiger partial charge in [0.25, 0.3) is 0 Å². The number of para-hydroxylation sites is 2. The van der Waals surface area contributed by atoms with Crippen molar-refractivity contribution in [2.24, 2.45) is 0 Å². The highest BCUT2D eigenvalue weighted by atomic mass is 127. The maximum atomic E-state index is 5.50. The van der Waals surface area contributed by atoms with Gasteiger partial charge in [-0.15, -0.1) is 0 Å². The van der Waals surface area contributed by atoms with Gasteiger partial charge in [-0.05, 0) is 50.1 Å². The van der Waals surface area contributed by atoms with Crippen LogP contribution in [0, 0.1) is 13.8 Å². The Kier molecular flexibility index (Phi) is 13.7. The van der Waals surface area contributed by atoms with Gasteiger partial charge in [0.2, 0.25) is 5.52 Å². The summed E-state index contributed by atoms with van der Waals surface area (Å²) in [5, 5.41) is 9.85. The van der Waals surface area contributed by atoms with E-state index in [1.165, 1.54) is 84.7 Å². The van der Waals surface area contributed by atoms with Crippen LogP contribution >= 0.6 is 0 Å². The largest absolute Gasteiger partial charge is 1.00 e. The lowest BCUT2D eigenvalue weighted by molar-refractivity contribution is -0.668. The topological polar surface area (TPSA) is 59.3 Å². The molecule has 0 radical (unpaired) electrons. The number of methoxy groups -OCH3 is 2. The van der Waals surface area contributed by atoms with E-state index in [0.29, 0.717) is 0 Å². The molecule has 46 heavy (non-hydrogen) atoms. The average Bonchev–Trinajstić information content (AvgIpc) is 3.06. The van der Waals surface area contributed by atoms with E-state index in [1.807, 2.05) is 6.07 Å². The summed E-state index contributed by atoms with van der Waals surface area (Å²) in [5.41, 5.74) is 8.14. The second kappa shape index (κ2) is 17.9. The van der Waals surface area contributed by atoms with Crippen LogP contribution in [0.2, 0.25) is 0 Å². The number of pyridine rings is 2. The summed E-state index contributed by atoms with van der Waals surface area (Å²) in [6, 6.07) is 27.6. The first-order valence-corrected chi connectivity index (χ1v) is 16.5. The highest BCUT2D eigenvalue weighted by Crippen LogP contribution is 2.26. The van der Waals surface area contributed by atoms with Crippen LogP contribution < -0.4 is 48.7 Å². The van der Waals surface area contributed by atoms with E-state index in [9.17, 15) is 0 Å². The molecule has 2 N–H and O–H groups in total. The van der Waals surface area contributed by atoms with Gasteiger partial charge >= 0.3 is 0 Å². The zero-order chi connectivity index (χ0) is 31.4. The Labute approximate surface area is 292 Å². The third-order valence-electron chi connectivity index (χ3n) is 8.59. The zero-order valence-electron chi connectivity index (χ0n) is 27.9. The number of nitrogens with zero attached hydrogens (tertiary/aromatic N) is 2. The molecule has 0 bridgehead atoms. The van der Waals surface area contributed by atoms with Crippen LogP contribution in [0.1, 0.15) is 68.3 Å². The summed E-state index contributed by atoms with van der Waals surface area (Å²) >= 11 is 0. The Morgan fingerprint density at radius 3 is 1.80 bits per heavy atom. The molecule has 0 aliphatic rings. The predicted molar refractivity (Wildman–Crippen MR) is 188 cm³/mol. The van der Waals surface area contributed by atoms with Crippen LogP contribution in [0.25, 0.3) is 21.8 Å². The van der Waals surface area contributed by atoms with Crippen molar-refractivity contribution < 1.29 is 38.0 Å². The normalized spacial score (nSPS) is 11.0. The minimum absolute atomic E-state index is 0. The number of nitrogens with one attached hydrogen (secondary N) is 2. The van der Waals surface area contributed by atoms with Crippen molar-refractivity contribution in [2.75, 3.05) is 37.9 Å². The summed E-state index contributed by atoms with van der Waals surface area (Å²) in [4.78, 5) is 4.65. The quantitative estimate of drug-likeness (QED) is 0.0698. The third-order valence-corrected chi connectivity index (χ3v) is 8.59. The smallest absolute Gasteiger partial charge is 0.215 e. The lowest BCUT2D eigenvalue weighted by atomic mass is 10.1. The Morgan fingerprint density at radius 1 is 0.630 bits per heavy atom. The Hall–Kier alpha value is -3.59. The van der Waals surface area contributed by atoms with Gasteiger partial charge in [-0.3, -0.25) is 4.98 Å². The van der Waals surface area contributed by atoms with Crippen LogP contribution in [0.5, 0.6) is 11.5 Å².